The predicted molar refractivity (Wildman–Crippen MR) is 131 cm³/mol. The lowest BCUT2D eigenvalue weighted by Gasteiger charge is -2.35. The second-order valence-electron chi connectivity index (χ2n) is 9.66. The lowest BCUT2D eigenvalue weighted by Crippen LogP contribution is -2.39. The van der Waals surface area contributed by atoms with E-state index >= 15 is 0 Å². The highest BCUT2D eigenvalue weighted by Crippen LogP contribution is 2.50. The monoisotopic (exact) mass is 400 g/mol. The van der Waals surface area contributed by atoms with Gasteiger partial charge in [0.05, 0.1) is 8.07 Å². The summed E-state index contributed by atoms with van der Waals surface area (Å²) in [6.45, 7) is 9.91. The van der Waals surface area contributed by atoms with Crippen LogP contribution >= 0.6 is 0 Å². The molecule has 2 aromatic rings. The maximum atomic E-state index is 2.69. The largest absolute Gasteiger partial charge is 0.0791 e. The maximum absolute atomic E-state index is 2.69. The standard InChI is InChI=1S/C28H36Si/c1-5-7-12-21(6-2)19-23-20-28(26-16-11-10-14-24(23)26)29(3,4)27-18-17-22-13-8-9-15-25(22)27/h8-11,13-18,20-21,27-28H,5-7,12,19H2,1-4H3. The molecule has 2 aromatic carbocycles. The normalized spacial score (nSPS) is 21.0. The van der Waals surface area contributed by atoms with Gasteiger partial charge in [0.1, 0.15) is 0 Å². The Hall–Kier alpha value is -1.86. The van der Waals surface area contributed by atoms with E-state index in [-0.39, 0.29) is 0 Å². The minimum atomic E-state index is -1.63. The summed E-state index contributed by atoms with van der Waals surface area (Å²) in [7, 11) is -1.63. The Morgan fingerprint density at radius 3 is 2.38 bits per heavy atom. The van der Waals surface area contributed by atoms with E-state index in [0.29, 0.717) is 11.1 Å². The van der Waals surface area contributed by atoms with Gasteiger partial charge in [0, 0.05) is 0 Å². The van der Waals surface area contributed by atoms with Crippen molar-refractivity contribution in [2.75, 3.05) is 0 Å². The number of rotatable bonds is 8. The molecule has 0 aromatic heterocycles. The van der Waals surface area contributed by atoms with Gasteiger partial charge >= 0.3 is 0 Å². The maximum Gasteiger partial charge on any atom is 0.0715 e. The van der Waals surface area contributed by atoms with Crippen LogP contribution in [0.25, 0.3) is 11.6 Å². The van der Waals surface area contributed by atoms with E-state index in [4.69, 9.17) is 0 Å². The zero-order valence-electron chi connectivity index (χ0n) is 18.6. The summed E-state index contributed by atoms with van der Waals surface area (Å²) in [6.07, 6.45) is 14.1. The van der Waals surface area contributed by atoms with Crippen LogP contribution in [0.2, 0.25) is 13.1 Å². The summed E-state index contributed by atoms with van der Waals surface area (Å²) in [5.41, 5.74) is 8.97. The molecule has 0 aliphatic heterocycles. The molecule has 0 radical (unpaired) electrons. The second kappa shape index (κ2) is 8.48. The molecule has 152 valence electrons. The molecule has 2 aliphatic rings. The molecule has 0 bridgehead atoms. The summed E-state index contributed by atoms with van der Waals surface area (Å²) < 4.78 is 0. The molecular weight excluding hydrogens is 364 g/mol. The van der Waals surface area contributed by atoms with E-state index in [9.17, 15) is 0 Å². The van der Waals surface area contributed by atoms with E-state index in [0.717, 1.165) is 5.92 Å². The van der Waals surface area contributed by atoms with Crippen LogP contribution in [0.15, 0.2) is 60.7 Å². The summed E-state index contributed by atoms with van der Waals surface area (Å²) in [5, 5.41) is 0. The highest BCUT2D eigenvalue weighted by molar-refractivity contribution is 6.81. The van der Waals surface area contributed by atoms with Crippen molar-refractivity contribution in [1.82, 2.24) is 0 Å². The van der Waals surface area contributed by atoms with Crippen LogP contribution in [0.4, 0.5) is 0 Å². The van der Waals surface area contributed by atoms with E-state index in [2.05, 4.69) is 93.7 Å². The van der Waals surface area contributed by atoms with Crippen molar-refractivity contribution in [2.24, 2.45) is 5.92 Å². The topological polar surface area (TPSA) is 0 Å². The molecular formula is C28H36Si. The van der Waals surface area contributed by atoms with Crippen molar-refractivity contribution in [3.63, 3.8) is 0 Å². The van der Waals surface area contributed by atoms with Crippen molar-refractivity contribution >= 4 is 19.7 Å². The highest BCUT2D eigenvalue weighted by Gasteiger charge is 2.43. The van der Waals surface area contributed by atoms with E-state index in [1.54, 1.807) is 22.3 Å². The molecule has 3 unspecified atom stereocenters. The number of benzene rings is 2. The molecule has 0 amide bonds. The molecule has 4 rings (SSSR count). The Bertz CT molecular complexity index is 917. The van der Waals surface area contributed by atoms with Gasteiger partial charge in [-0.1, -0.05) is 119 Å². The van der Waals surface area contributed by atoms with Gasteiger partial charge in [0.15, 0.2) is 0 Å². The van der Waals surface area contributed by atoms with Gasteiger partial charge in [-0.2, -0.15) is 0 Å². The average molecular weight is 401 g/mol. The van der Waals surface area contributed by atoms with Crippen LogP contribution in [0.5, 0.6) is 0 Å². The first-order chi connectivity index (χ1) is 14.1. The van der Waals surface area contributed by atoms with Gasteiger partial charge < -0.3 is 0 Å². The Labute approximate surface area is 178 Å². The SMILES string of the molecule is CCCCC(CC)CC1=CC([Si](C)(C)C2C=Cc3ccccc32)c2ccccc21. The van der Waals surface area contributed by atoms with Crippen molar-refractivity contribution in [3.05, 3.63) is 82.9 Å². The van der Waals surface area contributed by atoms with Crippen LogP contribution in [0.1, 0.15) is 79.3 Å². The van der Waals surface area contributed by atoms with Gasteiger partial charge in [-0.05, 0) is 51.2 Å². The molecule has 3 atom stereocenters. The van der Waals surface area contributed by atoms with E-state index in [1.165, 1.54) is 37.7 Å². The molecule has 0 saturated heterocycles. The van der Waals surface area contributed by atoms with E-state index in [1.807, 2.05) is 0 Å². The van der Waals surface area contributed by atoms with Gasteiger partial charge in [-0.15, -0.1) is 0 Å². The molecule has 0 spiro atoms. The third-order valence-electron chi connectivity index (χ3n) is 7.46. The van der Waals surface area contributed by atoms with Gasteiger partial charge in [-0.25, -0.2) is 0 Å². The molecule has 0 nitrogen and oxygen atoms in total. The third kappa shape index (κ3) is 3.82. The number of unbranched alkanes of at least 4 members (excludes halogenated alkanes) is 1. The first kappa shape index (κ1) is 20.4. The van der Waals surface area contributed by atoms with Crippen LogP contribution in [0, 0.1) is 5.92 Å². The van der Waals surface area contributed by atoms with Crippen LogP contribution in [-0.4, -0.2) is 8.07 Å². The van der Waals surface area contributed by atoms with Crippen LogP contribution in [-0.2, 0) is 0 Å². The first-order valence-electron chi connectivity index (χ1n) is 11.6. The number of hydrogen-bond donors (Lipinski definition) is 0. The quantitative estimate of drug-likeness (QED) is 0.390. The molecule has 0 heterocycles. The van der Waals surface area contributed by atoms with Gasteiger partial charge in [0.25, 0.3) is 0 Å². The summed E-state index contributed by atoms with van der Waals surface area (Å²) in [5.74, 6) is 0.824. The first-order valence-corrected chi connectivity index (χ1v) is 14.8. The number of allylic oxidation sites excluding steroid dienone is 3. The Kier molecular flexibility index (Phi) is 5.97. The average Bonchev–Trinajstić information content (AvgIpc) is 3.34. The lowest BCUT2D eigenvalue weighted by molar-refractivity contribution is 0.461. The van der Waals surface area contributed by atoms with Crippen molar-refractivity contribution in [3.8, 4) is 0 Å². The molecule has 0 N–H and O–H groups in total. The zero-order valence-corrected chi connectivity index (χ0v) is 19.6. The molecule has 0 fully saturated rings. The second-order valence-corrected chi connectivity index (χ2v) is 14.6. The van der Waals surface area contributed by atoms with Crippen molar-refractivity contribution < 1.29 is 0 Å². The zero-order chi connectivity index (χ0) is 20.4. The van der Waals surface area contributed by atoms with Crippen molar-refractivity contribution in [1.29, 1.82) is 0 Å². The smallest absolute Gasteiger partial charge is 0.0715 e. The highest BCUT2D eigenvalue weighted by atomic mass is 28.3. The fraction of sp³-hybridized carbons (Fsp3) is 0.429. The van der Waals surface area contributed by atoms with Crippen LogP contribution in [0.3, 0.4) is 0 Å². The predicted octanol–water partition coefficient (Wildman–Crippen LogP) is 8.37. The summed E-state index contributed by atoms with van der Waals surface area (Å²) >= 11 is 0. The minimum absolute atomic E-state index is 0.606. The van der Waals surface area contributed by atoms with Crippen molar-refractivity contribution in [2.45, 2.75) is 70.1 Å². The Morgan fingerprint density at radius 2 is 1.62 bits per heavy atom. The van der Waals surface area contributed by atoms with Crippen LogP contribution < -0.4 is 0 Å². The fourth-order valence-electron chi connectivity index (χ4n) is 5.58. The molecule has 29 heavy (non-hydrogen) atoms. The number of hydrogen-bond acceptors (Lipinski definition) is 0. The molecule has 2 aliphatic carbocycles. The Morgan fingerprint density at radius 1 is 0.897 bits per heavy atom. The lowest BCUT2D eigenvalue weighted by atomic mass is 9.90. The third-order valence-corrected chi connectivity index (χ3v) is 11.7. The van der Waals surface area contributed by atoms with Gasteiger partial charge in [-0.3, -0.25) is 0 Å². The summed E-state index contributed by atoms with van der Waals surface area (Å²) in [6, 6.07) is 18.3. The summed E-state index contributed by atoms with van der Waals surface area (Å²) in [4.78, 5) is 0. The molecule has 1 heteroatoms. The number of fused-ring (bicyclic) bond motifs is 2. The van der Waals surface area contributed by atoms with Gasteiger partial charge in [0.2, 0.25) is 0 Å². The fourth-order valence-corrected chi connectivity index (χ4v) is 9.31. The Balaban J connectivity index is 1.66. The van der Waals surface area contributed by atoms with E-state index < -0.39 is 8.07 Å². The molecule has 0 saturated carbocycles. The minimum Gasteiger partial charge on any atom is -0.0791 e.